The van der Waals surface area contributed by atoms with Gasteiger partial charge in [-0.3, -0.25) is 4.98 Å². The Balaban J connectivity index is 1.10. The van der Waals surface area contributed by atoms with Crippen LogP contribution in [0.4, 0.5) is 10.3 Å². The number of halogens is 1. The number of fused-ring (bicyclic) bond motifs is 1. The van der Waals surface area contributed by atoms with Gasteiger partial charge >= 0.3 is 0 Å². The molecule has 4 aromatic rings. The fourth-order valence-corrected chi connectivity index (χ4v) is 4.85. The molecule has 0 spiro atoms. The third kappa shape index (κ3) is 6.81. The van der Waals surface area contributed by atoms with Crippen molar-refractivity contribution in [3.05, 3.63) is 90.0 Å². The quantitative estimate of drug-likeness (QED) is 0.288. The summed E-state index contributed by atoms with van der Waals surface area (Å²) >= 11 is 5.41. The molecule has 7 nitrogen and oxygen atoms in total. The molecule has 1 fully saturated rings. The van der Waals surface area contributed by atoms with Crippen molar-refractivity contribution in [3.8, 4) is 0 Å². The van der Waals surface area contributed by atoms with Crippen LogP contribution in [-0.4, -0.2) is 56.8 Å². The second-order valence-electron chi connectivity index (χ2n) is 9.37. The fraction of sp³-hybridized carbons (Fsp3) is 0.321. The lowest BCUT2D eigenvalue weighted by Gasteiger charge is -2.32. The number of thiocarbonyl (C=S) groups is 1. The highest BCUT2D eigenvalue weighted by atomic mass is 32.1. The largest absolute Gasteiger partial charge is 0.361 e. The van der Waals surface area contributed by atoms with E-state index >= 15 is 0 Å². The van der Waals surface area contributed by atoms with Crippen molar-refractivity contribution >= 4 is 34.3 Å². The van der Waals surface area contributed by atoms with Crippen LogP contribution < -0.4 is 16.0 Å². The van der Waals surface area contributed by atoms with E-state index in [1.54, 1.807) is 6.20 Å². The van der Waals surface area contributed by atoms with Crippen LogP contribution in [0.5, 0.6) is 0 Å². The molecule has 0 amide bonds. The van der Waals surface area contributed by atoms with E-state index < -0.39 is 0 Å². The maximum absolute atomic E-state index is 13.4. The predicted molar refractivity (Wildman–Crippen MR) is 150 cm³/mol. The maximum Gasteiger partial charge on any atom is 0.204 e. The third-order valence-electron chi connectivity index (χ3n) is 6.72. The second kappa shape index (κ2) is 12.1. The molecule has 192 valence electrons. The van der Waals surface area contributed by atoms with Crippen molar-refractivity contribution in [2.24, 2.45) is 0 Å². The van der Waals surface area contributed by atoms with Gasteiger partial charge in [0.2, 0.25) is 5.95 Å². The Morgan fingerprint density at radius 1 is 0.973 bits per heavy atom. The van der Waals surface area contributed by atoms with Crippen LogP contribution in [0.25, 0.3) is 11.0 Å². The summed E-state index contributed by atoms with van der Waals surface area (Å²) in [5, 5.41) is 10.9. The average molecular weight is 518 g/mol. The zero-order chi connectivity index (χ0) is 25.5. The van der Waals surface area contributed by atoms with Crippen LogP contribution in [0.1, 0.15) is 24.0 Å². The van der Waals surface area contributed by atoms with E-state index in [1.165, 1.54) is 12.1 Å². The standard InChI is InChI=1S/C28H32FN7S/c29-23-9-7-21(8-10-23)20-36-26-6-2-1-5-25(26)34-27(36)33-24-11-15-35(16-12-24)17-14-31-28(37)32-19-22-4-3-13-30-18-22/h1-10,13,18,24H,11-12,14-17,19-20H2,(H,33,34)(H2,31,32,37). The van der Waals surface area contributed by atoms with Crippen LogP contribution in [0.3, 0.4) is 0 Å². The van der Waals surface area contributed by atoms with Crippen molar-refractivity contribution in [3.63, 3.8) is 0 Å². The van der Waals surface area contributed by atoms with Gasteiger partial charge in [0.15, 0.2) is 5.11 Å². The van der Waals surface area contributed by atoms with Gasteiger partial charge in [0.05, 0.1) is 17.6 Å². The summed E-state index contributed by atoms with van der Waals surface area (Å²) in [5.41, 5.74) is 4.19. The molecule has 2 aromatic carbocycles. The normalized spacial score (nSPS) is 14.5. The summed E-state index contributed by atoms with van der Waals surface area (Å²) in [7, 11) is 0. The molecule has 3 heterocycles. The number of hydrogen-bond donors (Lipinski definition) is 3. The molecular weight excluding hydrogens is 485 g/mol. The molecule has 0 saturated carbocycles. The summed E-state index contributed by atoms with van der Waals surface area (Å²) in [5.74, 6) is 0.651. The number of pyridine rings is 1. The number of aromatic nitrogens is 3. The number of rotatable bonds is 9. The van der Waals surface area contributed by atoms with Gasteiger partial charge in [0.25, 0.3) is 0 Å². The third-order valence-corrected chi connectivity index (χ3v) is 7.01. The van der Waals surface area contributed by atoms with E-state index in [1.807, 2.05) is 48.7 Å². The number of para-hydroxylation sites is 2. The molecule has 37 heavy (non-hydrogen) atoms. The number of imidazole rings is 1. The maximum atomic E-state index is 13.4. The van der Waals surface area contributed by atoms with E-state index in [0.717, 1.165) is 67.1 Å². The molecule has 0 unspecified atom stereocenters. The molecule has 0 atom stereocenters. The SMILES string of the molecule is Fc1ccc(Cn2c(NC3CCN(CCNC(=S)NCc4cccnc4)CC3)nc3ccccc32)cc1. The lowest BCUT2D eigenvalue weighted by molar-refractivity contribution is 0.222. The number of benzene rings is 2. The first-order valence-corrected chi connectivity index (χ1v) is 13.1. The highest BCUT2D eigenvalue weighted by Gasteiger charge is 2.21. The predicted octanol–water partition coefficient (Wildman–Crippen LogP) is 4.16. The Bertz CT molecular complexity index is 1300. The van der Waals surface area contributed by atoms with Gasteiger partial charge in [-0.2, -0.15) is 0 Å². The summed E-state index contributed by atoms with van der Waals surface area (Å²) < 4.78 is 15.6. The fourth-order valence-electron chi connectivity index (χ4n) is 4.68. The van der Waals surface area contributed by atoms with Crippen LogP contribution in [0.15, 0.2) is 73.1 Å². The average Bonchev–Trinajstić information content (AvgIpc) is 3.27. The summed E-state index contributed by atoms with van der Waals surface area (Å²) in [6.07, 6.45) is 5.70. The Morgan fingerprint density at radius 3 is 2.57 bits per heavy atom. The van der Waals surface area contributed by atoms with Gasteiger partial charge in [-0.25, -0.2) is 9.37 Å². The van der Waals surface area contributed by atoms with Gasteiger partial charge in [-0.05, 0) is 66.5 Å². The first kappa shape index (κ1) is 25.1. The Kier molecular flexibility index (Phi) is 8.22. The zero-order valence-corrected chi connectivity index (χ0v) is 21.6. The first-order valence-electron chi connectivity index (χ1n) is 12.7. The van der Waals surface area contributed by atoms with Crippen molar-refractivity contribution in [2.75, 3.05) is 31.5 Å². The second-order valence-corrected chi connectivity index (χ2v) is 9.78. The topological polar surface area (TPSA) is 70.0 Å². The molecule has 9 heteroatoms. The van der Waals surface area contributed by atoms with Gasteiger partial charge < -0.3 is 25.4 Å². The summed E-state index contributed by atoms with van der Waals surface area (Å²) in [6, 6.07) is 19.2. The number of anilines is 1. The number of nitrogens with one attached hydrogen (secondary N) is 3. The first-order chi connectivity index (χ1) is 18.1. The van der Waals surface area contributed by atoms with Gasteiger partial charge in [0, 0.05) is 51.2 Å². The van der Waals surface area contributed by atoms with Crippen molar-refractivity contribution in [1.29, 1.82) is 0 Å². The zero-order valence-electron chi connectivity index (χ0n) is 20.7. The molecule has 0 radical (unpaired) electrons. The molecule has 1 aliphatic rings. The van der Waals surface area contributed by atoms with Crippen LogP contribution in [0, 0.1) is 5.82 Å². The van der Waals surface area contributed by atoms with Gasteiger partial charge in [0.1, 0.15) is 5.82 Å². The van der Waals surface area contributed by atoms with Crippen molar-refractivity contribution < 1.29 is 4.39 Å². The van der Waals surface area contributed by atoms with Crippen molar-refractivity contribution in [2.45, 2.75) is 32.0 Å². The number of nitrogens with zero attached hydrogens (tertiary/aromatic N) is 4. The van der Waals surface area contributed by atoms with Crippen LogP contribution in [0.2, 0.25) is 0 Å². The van der Waals surface area contributed by atoms with E-state index in [4.69, 9.17) is 17.2 Å². The van der Waals surface area contributed by atoms with Crippen molar-refractivity contribution in [1.82, 2.24) is 30.1 Å². The van der Waals surface area contributed by atoms with E-state index in [9.17, 15) is 4.39 Å². The number of hydrogen-bond acceptors (Lipinski definition) is 5. The highest BCUT2D eigenvalue weighted by Crippen LogP contribution is 2.24. The van der Waals surface area contributed by atoms with Crippen LogP contribution in [-0.2, 0) is 13.1 Å². The smallest absolute Gasteiger partial charge is 0.204 e. The highest BCUT2D eigenvalue weighted by molar-refractivity contribution is 7.80. The minimum absolute atomic E-state index is 0.220. The summed E-state index contributed by atoms with van der Waals surface area (Å²) in [6.45, 7) is 5.11. The molecule has 3 N–H and O–H groups in total. The molecule has 0 bridgehead atoms. The van der Waals surface area contributed by atoms with Crippen LogP contribution >= 0.6 is 12.2 Å². The van der Waals surface area contributed by atoms with E-state index in [-0.39, 0.29) is 5.82 Å². The molecule has 1 saturated heterocycles. The molecule has 5 rings (SSSR count). The minimum Gasteiger partial charge on any atom is -0.361 e. The number of likely N-dealkylation sites (tertiary alicyclic amines) is 1. The lowest BCUT2D eigenvalue weighted by Crippen LogP contribution is -2.44. The monoisotopic (exact) mass is 517 g/mol. The Labute approximate surface area is 222 Å². The minimum atomic E-state index is -0.220. The molecule has 0 aliphatic carbocycles. The Morgan fingerprint density at radius 2 is 1.78 bits per heavy atom. The Hall–Kier alpha value is -3.56. The van der Waals surface area contributed by atoms with Gasteiger partial charge in [-0.15, -0.1) is 0 Å². The molecule has 2 aromatic heterocycles. The molecular formula is C28H32FN7S. The van der Waals surface area contributed by atoms with E-state index in [0.29, 0.717) is 24.2 Å². The number of piperidine rings is 1. The summed E-state index contributed by atoms with van der Waals surface area (Å²) in [4.78, 5) is 11.5. The lowest BCUT2D eigenvalue weighted by atomic mass is 10.1. The van der Waals surface area contributed by atoms with Gasteiger partial charge in [-0.1, -0.05) is 30.3 Å². The molecule has 1 aliphatic heterocycles. The van der Waals surface area contributed by atoms with E-state index in [2.05, 4.69) is 36.5 Å².